The van der Waals surface area contributed by atoms with Crippen LogP contribution < -0.4 is 10.1 Å². The number of aromatic nitrogens is 2. The zero-order valence-corrected chi connectivity index (χ0v) is 16.1. The standard InChI is InChI=1S/C18H16ClN3O4S/c1-11-9-12(18(24)25-2)17(27-11)21-16(23)14-7-8-20-22(14)10-26-15-6-4-3-5-13(15)19/h3-9H,10H2,1-2H3,(H,21,23). The van der Waals surface area contributed by atoms with Crippen molar-refractivity contribution in [2.45, 2.75) is 13.7 Å². The van der Waals surface area contributed by atoms with Gasteiger partial charge in [-0.05, 0) is 31.2 Å². The Morgan fingerprint density at radius 3 is 2.81 bits per heavy atom. The van der Waals surface area contributed by atoms with E-state index in [0.29, 0.717) is 21.3 Å². The maximum atomic E-state index is 12.6. The molecule has 1 N–H and O–H groups in total. The van der Waals surface area contributed by atoms with Gasteiger partial charge in [-0.15, -0.1) is 11.3 Å². The first-order valence-corrected chi connectivity index (χ1v) is 9.08. The van der Waals surface area contributed by atoms with Crippen LogP contribution in [0.2, 0.25) is 5.02 Å². The number of aryl methyl sites for hydroxylation is 1. The number of esters is 1. The molecular weight excluding hydrogens is 390 g/mol. The average molecular weight is 406 g/mol. The fraction of sp³-hybridized carbons (Fsp3) is 0.167. The molecule has 0 unspecified atom stereocenters. The summed E-state index contributed by atoms with van der Waals surface area (Å²) in [7, 11) is 1.29. The molecular formula is C18H16ClN3O4S. The molecule has 0 spiro atoms. The smallest absolute Gasteiger partial charge is 0.340 e. The number of hydrogen-bond acceptors (Lipinski definition) is 6. The van der Waals surface area contributed by atoms with Crippen molar-refractivity contribution in [2.24, 2.45) is 0 Å². The first-order valence-electron chi connectivity index (χ1n) is 7.89. The van der Waals surface area contributed by atoms with Crippen molar-refractivity contribution in [3.63, 3.8) is 0 Å². The molecule has 9 heteroatoms. The van der Waals surface area contributed by atoms with Crippen molar-refractivity contribution in [1.29, 1.82) is 0 Å². The molecule has 0 fully saturated rings. The van der Waals surface area contributed by atoms with Crippen molar-refractivity contribution in [3.05, 3.63) is 63.8 Å². The van der Waals surface area contributed by atoms with E-state index in [2.05, 4.69) is 10.4 Å². The van der Waals surface area contributed by atoms with Gasteiger partial charge in [0.15, 0.2) is 6.73 Å². The number of benzene rings is 1. The number of hydrogen-bond donors (Lipinski definition) is 1. The lowest BCUT2D eigenvalue weighted by Gasteiger charge is -2.11. The molecule has 7 nitrogen and oxygen atoms in total. The van der Waals surface area contributed by atoms with Gasteiger partial charge in [-0.25, -0.2) is 9.48 Å². The van der Waals surface area contributed by atoms with Crippen molar-refractivity contribution in [2.75, 3.05) is 12.4 Å². The van der Waals surface area contributed by atoms with Gasteiger partial charge in [0, 0.05) is 11.1 Å². The Morgan fingerprint density at radius 2 is 2.07 bits per heavy atom. The van der Waals surface area contributed by atoms with Crippen LogP contribution in [-0.2, 0) is 11.5 Å². The average Bonchev–Trinajstić information content (AvgIpc) is 3.26. The number of nitrogens with zero attached hydrogens (tertiary/aromatic N) is 2. The summed E-state index contributed by atoms with van der Waals surface area (Å²) < 4.78 is 11.8. The largest absolute Gasteiger partial charge is 0.470 e. The topological polar surface area (TPSA) is 82.5 Å². The molecule has 3 aromatic rings. The molecule has 0 saturated heterocycles. The number of carbonyl (C=O) groups excluding carboxylic acids is 2. The van der Waals surface area contributed by atoms with Crippen LogP contribution in [0.15, 0.2) is 42.6 Å². The highest BCUT2D eigenvalue weighted by Crippen LogP contribution is 2.29. The minimum atomic E-state index is -0.509. The van der Waals surface area contributed by atoms with Crippen molar-refractivity contribution in [3.8, 4) is 5.75 Å². The van der Waals surface area contributed by atoms with Crippen LogP contribution in [0.5, 0.6) is 5.75 Å². The van der Waals surface area contributed by atoms with Crippen LogP contribution in [0.1, 0.15) is 25.7 Å². The zero-order valence-electron chi connectivity index (χ0n) is 14.6. The van der Waals surface area contributed by atoms with Crippen LogP contribution in [0, 0.1) is 6.92 Å². The van der Waals surface area contributed by atoms with Gasteiger partial charge < -0.3 is 14.8 Å². The van der Waals surface area contributed by atoms with Crippen LogP contribution in [0.3, 0.4) is 0 Å². The Bertz CT molecular complexity index is 983. The number of carbonyl (C=O) groups is 2. The molecule has 0 saturated carbocycles. The van der Waals surface area contributed by atoms with Crippen molar-refractivity contribution in [1.82, 2.24) is 9.78 Å². The number of rotatable bonds is 6. The molecule has 3 rings (SSSR count). The molecule has 0 aliphatic heterocycles. The number of halogens is 1. The fourth-order valence-electron chi connectivity index (χ4n) is 2.36. The molecule has 140 valence electrons. The molecule has 1 amide bonds. The summed E-state index contributed by atoms with van der Waals surface area (Å²) in [5.41, 5.74) is 0.593. The van der Waals surface area contributed by atoms with Crippen molar-refractivity contribution < 1.29 is 19.1 Å². The van der Waals surface area contributed by atoms with Crippen LogP contribution in [-0.4, -0.2) is 28.8 Å². The molecule has 0 radical (unpaired) electrons. The summed E-state index contributed by atoms with van der Waals surface area (Å²) in [5.74, 6) is -0.435. The van der Waals surface area contributed by atoms with Gasteiger partial charge in [-0.2, -0.15) is 5.10 Å². The molecule has 27 heavy (non-hydrogen) atoms. The second-order valence-corrected chi connectivity index (χ2v) is 7.13. The Kier molecular flexibility index (Phi) is 5.78. The Labute approximate surface area is 164 Å². The lowest BCUT2D eigenvalue weighted by Crippen LogP contribution is -2.20. The van der Waals surface area contributed by atoms with Gasteiger partial charge in [-0.1, -0.05) is 23.7 Å². The third-order valence-corrected chi connectivity index (χ3v) is 4.89. The third-order valence-electron chi connectivity index (χ3n) is 3.62. The number of nitrogens with one attached hydrogen (secondary N) is 1. The highest BCUT2D eigenvalue weighted by atomic mass is 35.5. The molecule has 0 aliphatic rings. The SMILES string of the molecule is COC(=O)c1cc(C)sc1NC(=O)c1ccnn1COc1ccccc1Cl. The van der Waals surface area contributed by atoms with E-state index in [4.69, 9.17) is 21.1 Å². The first kappa shape index (κ1) is 18.9. The van der Waals surface area contributed by atoms with E-state index in [-0.39, 0.29) is 12.4 Å². The molecule has 0 bridgehead atoms. The number of thiophene rings is 1. The number of methoxy groups -OCH3 is 1. The summed E-state index contributed by atoms with van der Waals surface area (Å²) in [6.07, 6.45) is 1.49. The maximum Gasteiger partial charge on any atom is 0.340 e. The van der Waals surface area contributed by atoms with E-state index in [1.807, 2.05) is 6.92 Å². The summed E-state index contributed by atoms with van der Waals surface area (Å²) in [6.45, 7) is 1.85. The minimum absolute atomic E-state index is 0.00676. The van der Waals surface area contributed by atoms with E-state index in [0.717, 1.165) is 4.88 Å². The van der Waals surface area contributed by atoms with Crippen LogP contribution in [0.4, 0.5) is 5.00 Å². The first-order chi connectivity index (χ1) is 13.0. The number of para-hydroxylation sites is 1. The second kappa shape index (κ2) is 8.24. The van der Waals surface area contributed by atoms with Crippen LogP contribution in [0.25, 0.3) is 0 Å². The fourth-order valence-corrected chi connectivity index (χ4v) is 3.44. The number of ether oxygens (including phenoxy) is 2. The van der Waals surface area contributed by atoms with Gasteiger partial charge in [-0.3, -0.25) is 4.79 Å². The second-order valence-electron chi connectivity index (χ2n) is 5.47. The van der Waals surface area contributed by atoms with E-state index in [1.54, 1.807) is 36.4 Å². The highest BCUT2D eigenvalue weighted by molar-refractivity contribution is 7.16. The summed E-state index contributed by atoms with van der Waals surface area (Å²) >= 11 is 7.35. The molecule has 2 heterocycles. The quantitative estimate of drug-likeness (QED) is 0.627. The summed E-state index contributed by atoms with van der Waals surface area (Å²) in [4.78, 5) is 25.4. The van der Waals surface area contributed by atoms with Gasteiger partial charge in [0.2, 0.25) is 0 Å². The lowest BCUT2D eigenvalue weighted by molar-refractivity contribution is 0.0602. The molecule has 1 aromatic carbocycles. The van der Waals surface area contributed by atoms with Gasteiger partial charge in [0.1, 0.15) is 16.4 Å². The predicted molar refractivity (Wildman–Crippen MR) is 103 cm³/mol. The Hall–Kier alpha value is -2.84. The highest BCUT2D eigenvalue weighted by Gasteiger charge is 2.20. The van der Waals surface area contributed by atoms with Gasteiger partial charge >= 0.3 is 5.97 Å². The van der Waals surface area contributed by atoms with Gasteiger partial charge in [0.25, 0.3) is 5.91 Å². The maximum absolute atomic E-state index is 12.6. The van der Waals surface area contributed by atoms with Crippen LogP contribution >= 0.6 is 22.9 Å². The minimum Gasteiger partial charge on any atom is -0.470 e. The number of amides is 1. The molecule has 0 atom stereocenters. The zero-order chi connectivity index (χ0) is 19.4. The van der Waals surface area contributed by atoms with E-state index < -0.39 is 11.9 Å². The van der Waals surface area contributed by atoms with E-state index in [9.17, 15) is 9.59 Å². The number of anilines is 1. The summed E-state index contributed by atoms with van der Waals surface area (Å²) in [5, 5.41) is 7.72. The lowest BCUT2D eigenvalue weighted by atomic mass is 10.3. The predicted octanol–water partition coefficient (Wildman–Crippen LogP) is 3.98. The van der Waals surface area contributed by atoms with E-state index in [1.165, 1.54) is 29.3 Å². The molecule has 0 aliphatic carbocycles. The Morgan fingerprint density at radius 1 is 1.30 bits per heavy atom. The van der Waals surface area contributed by atoms with Crippen molar-refractivity contribution >= 4 is 39.8 Å². The summed E-state index contributed by atoms with van der Waals surface area (Å²) in [6, 6.07) is 10.3. The third kappa shape index (κ3) is 4.29. The van der Waals surface area contributed by atoms with Gasteiger partial charge in [0.05, 0.1) is 17.7 Å². The molecule has 2 aromatic heterocycles. The monoisotopic (exact) mass is 405 g/mol. The Balaban J connectivity index is 1.75. The van der Waals surface area contributed by atoms with E-state index >= 15 is 0 Å². The normalized spacial score (nSPS) is 10.5.